The number of aromatic nitrogens is 2. The molecule has 1 amide bonds. The summed E-state index contributed by atoms with van der Waals surface area (Å²) in [6.45, 7) is 4.88. The number of hydrogen-bond acceptors (Lipinski definition) is 5. The summed E-state index contributed by atoms with van der Waals surface area (Å²) in [5, 5.41) is 6.10. The quantitative estimate of drug-likeness (QED) is 0.662. The third-order valence-electron chi connectivity index (χ3n) is 5.18. The number of aryl methyl sites for hydroxylation is 1. The molecule has 148 valence electrons. The summed E-state index contributed by atoms with van der Waals surface area (Å²) in [4.78, 5) is 23.5. The molecule has 0 radical (unpaired) electrons. The fraction of sp³-hybridized carbons (Fsp3) is 0.261. The van der Waals surface area contributed by atoms with Crippen LogP contribution in [0.15, 0.2) is 60.8 Å². The highest BCUT2D eigenvalue weighted by Gasteiger charge is 2.13. The SMILES string of the molecule is Cc1ccccc1CNc1nccc(C(=O)Nc2ccc(N3CCCC3)cc2)n1. The summed E-state index contributed by atoms with van der Waals surface area (Å²) >= 11 is 0. The van der Waals surface area contributed by atoms with Crippen LogP contribution in [0.25, 0.3) is 0 Å². The summed E-state index contributed by atoms with van der Waals surface area (Å²) in [7, 11) is 0. The number of nitrogens with one attached hydrogen (secondary N) is 2. The van der Waals surface area contributed by atoms with Crippen molar-refractivity contribution in [1.82, 2.24) is 9.97 Å². The number of carbonyl (C=O) groups excluding carboxylic acids is 1. The minimum atomic E-state index is -0.250. The molecular weight excluding hydrogens is 362 g/mol. The van der Waals surface area contributed by atoms with Crippen LogP contribution in [0.4, 0.5) is 17.3 Å². The van der Waals surface area contributed by atoms with E-state index in [0.29, 0.717) is 18.2 Å². The second-order valence-corrected chi connectivity index (χ2v) is 7.24. The van der Waals surface area contributed by atoms with Crippen LogP contribution in [0.1, 0.15) is 34.5 Å². The lowest BCUT2D eigenvalue weighted by atomic mass is 10.1. The van der Waals surface area contributed by atoms with Gasteiger partial charge < -0.3 is 15.5 Å². The van der Waals surface area contributed by atoms with Crippen molar-refractivity contribution in [2.45, 2.75) is 26.3 Å². The number of anilines is 3. The third-order valence-corrected chi connectivity index (χ3v) is 5.18. The molecule has 1 saturated heterocycles. The first-order valence-corrected chi connectivity index (χ1v) is 9.97. The number of amides is 1. The van der Waals surface area contributed by atoms with E-state index in [9.17, 15) is 4.79 Å². The van der Waals surface area contributed by atoms with Crippen LogP contribution in [-0.4, -0.2) is 29.0 Å². The lowest BCUT2D eigenvalue weighted by molar-refractivity contribution is 0.102. The van der Waals surface area contributed by atoms with Crippen LogP contribution in [0.2, 0.25) is 0 Å². The average molecular weight is 387 g/mol. The number of nitrogens with zero attached hydrogens (tertiary/aromatic N) is 3. The molecule has 6 heteroatoms. The molecular formula is C23H25N5O. The minimum absolute atomic E-state index is 0.250. The number of rotatable bonds is 6. The van der Waals surface area contributed by atoms with Crippen molar-refractivity contribution in [3.05, 3.63) is 77.6 Å². The highest BCUT2D eigenvalue weighted by molar-refractivity contribution is 6.03. The molecule has 1 aromatic heterocycles. The van der Waals surface area contributed by atoms with Gasteiger partial charge in [0.1, 0.15) is 5.69 Å². The van der Waals surface area contributed by atoms with Gasteiger partial charge >= 0.3 is 0 Å². The van der Waals surface area contributed by atoms with E-state index < -0.39 is 0 Å². The smallest absolute Gasteiger partial charge is 0.274 e. The Morgan fingerprint density at radius 3 is 2.55 bits per heavy atom. The Bertz CT molecular complexity index is 981. The maximum absolute atomic E-state index is 12.6. The molecule has 29 heavy (non-hydrogen) atoms. The van der Waals surface area contributed by atoms with Crippen LogP contribution in [0, 0.1) is 6.92 Å². The van der Waals surface area contributed by atoms with Gasteiger partial charge in [0.05, 0.1) is 0 Å². The van der Waals surface area contributed by atoms with Gasteiger partial charge in [0.15, 0.2) is 0 Å². The molecule has 1 aliphatic rings. The van der Waals surface area contributed by atoms with Gasteiger partial charge in [-0.05, 0) is 61.2 Å². The molecule has 4 rings (SSSR count). The predicted octanol–water partition coefficient (Wildman–Crippen LogP) is 4.25. The van der Waals surface area contributed by atoms with Gasteiger partial charge in [-0.2, -0.15) is 0 Å². The Kier molecular flexibility index (Phi) is 5.70. The lowest BCUT2D eigenvalue weighted by Gasteiger charge is -2.17. The Hall–Kier alpha value is -3.41. The zero-order valence-electron chi connectivity index (χ0n) is 16.6. The standard InChI is InChI=1S/C23H25N5O/c1-17-6-2-3-7-18(17)16-25-23-24-13-12-21(27-23)22(29)26-19-8-10-20(11-9-19)28-14-4-5-15-28/h2-3,6-13H,4-5,14-16H2,1H3,(H,26,29)(H,24,25,27). The van der Waals surface area contributed by atoms with Crippen molar-refractivity contribution < 1.29 is 4.79 Å². The Balaban J connectivity index is 1.38. The number of carbonyl (C=O) groups is 1. The first kappa shape index (κ1) is 18.9. The average Bonchev–Trinajstić information content (AvgIpc) is 3.29. The lowest BCUT2D eigenvalue weighted by Crippen LogP contribution is -2.18. The van der Waals surface area contributed by atoms with Crippen molar-refractivity contribution in [1.29, 1.82) is 0 Å². The number of hydrogen-bond donors (Lipinski definition) is 2. The Labute approximate surface area is 171 Å². The molecule has 1 fully saturated rings. The van der Waals surface area contributed by atoms with Gasteiger partial charge in [0.25, 0.3) is 5.91 Å². The predicted molar refractivity (Wildman–Crippen MR) is 116 cm³/mol. The molecule has 1 aliphatic heterocycles. The van der Waals surface area contributed by atoms with E-state index in [0.717, 1.165) is 18.8 Å². The topological polar surface area (TPSA) is 70.2 Å². The third kappa shape index (κ3) is 4.71. The van der Waals surface area contributed by atoms with E-state index >= 15 is 0 Å². The zero-order valence-corrected chi connectivity index (χ0v) is 16.6. The van der Waals surface area contributed by atoms with Crippen molar-refractivity contribution >= 4 is 23.2 Å². The van der Waals surface area contributed by atoms with E-state index in [1.54, 1.807) is 12.3 Å². The summed E-state index contributed by atoms with van der Waals surface area (Å²) in [5.41, 5.74) is 4.66. The molecule has 0 bridgehead atoms. The molecule has 0 aliphatic carbocycles. The summed E-state index contributed by atoms with van der Waals surface area (Å²) in [6, 6.07) is 17.7. The second-order valence-electron chi connectivity index (χ2n) is 7.24. The Morgan fingerprint density at radius 2 is 1.79 bits per heavy atom. The van der Waals surface area contributed by atoms with Crippen LogP contribution < -0.4 is 15.5 Å². The first-order valence-electron chi connectivity index (χ1n) is 9.97. The van der Waals surface area contributed by atoms with Gasteiger partial charge in [-0.1, -0.05) is 24.3 Å². The molecule has 0 saturated carbocycles. The molecule has 0 atom stereocenters. The van der Waals surface area contributed by atoms with Gasteiger partial charge in [0.2, 0.25) is 5.95 Å². The zero-order chi connectivity index (χ0) is 20.1. The molecule has 2 heterocycles. The largest absolute Gasteiger partial charge is 0.372 e. The molecule has 2 aromatic carbocycles. The van der Waals surface area contributed by atoms with Crippen molar-refractivity contribution in [3.63, 3.8) is 0 Å². The second kappa shape index (κ2) is 8.73. The maximum atomic E-state index is 12.6. The molecule has 2 N–H and O–H groups in total. The van der Waals surface area contributed by atoms with Crippen molar-refractivity contribution in [2.75, 3.05) is 28.6 Å². The van der Waals surface area contributed by atoms with Crippen LogP contribution in [0.5, 0.6) is 0 Å². The monoisotopic (exact) mass is 387 g/mol. The first-order chi connectivity index (χ1) is 14.2. The minimum Gasteiger partial charge on any atom is -0.372 e. The van der Waals surface area contributed by atoms with Crippen LogP contribution in [-0.2, 0) is 6.54 Å². The van der Waals surface area contributed by atoms with E-state index in [-0.39, 0.29) is 5.91 Å². The van der Waals surface area contributed by atoms with Gasteiger partial charge in [-0.3, -0.25) is 4.79 Å². The Morgan fingerprint density at radius 1 is 1.03 bits per heavy atom. The normalized spacial score (nSPS) is 13.3. The van der Waals surface area contributed by atoms with E-state index in [1.165, 1.54) is 29.7 Å². The van der Waals surface area contributed by atoms with E-state index in [2.05, 4.69) is 56.7 Å². The summed E-state index contributed by atoms with van der Waals surface area (Å²) in [5.74, 6) is 0.186. The van der Waals surface area contributed by atoms with Crippen LogP contribution in [0.3, 0.4) is 0 Å². The van der Waals surface area contributed by atoms with Gasteiger partial charge in [-0.15, -0.1) is 0 Å². The van der Waals surface area contributed by atoms with Crippen molar-refractivity contribution in [3.8, 4) is 0 Å². The van der Waals surface area contributed by atoms with Gasteiger partial charge in [-0.25, -0.2) is 9.97 Å². The molecule has 0 unspecified atom stereocenters. The number of benzene rings is 2. The molecule has 6 nitrogen and oxygen atoms in total. The van der Waals surface area contributed by atoms with E-state index in [1.807, 2.05) is 24.3 Å². The maximum Gasteiger partial charge on any atom is 0.274 e. The highest BCUT2D eigenvalue weighted by Crippen LogP contribution is 2.22. The molecule has 0 spiro atoms. The van der Waals surface area contributed by atoms with Crippen LogP contribution >= 0.6 is 0 Å². The van der Waals surface area contributed by atoms with E-state index in [4.69, 9.17) is 0 Å². The summed E-state index contributed by atoms with van der Waals surface area (Å²) < 4.78 is 0. The van der Waals surface area contributed by atoms with Crippen molar-refractivity contribution in [2.24, 2.45) is 0 Å². The fourth-order valence-corrected chi connectivity index (χ4v) is 3.48. The molecule has 3 aromatic rings. The fourth-order valence-electron chi connectivity index (χ4n) is 3.48. The van der Waals surface area contributed by atoms with Gasteiger partial charge in [0, 0.05) is 37.2 Å². The summed E-state index contributed by atoms with van der Waals surface area (Å²) in [6.07, 6.45) is 4.08. The highest BCUT2D eigenvalue weighted by atomic mass is 16.1.